The van der Waals surface area contributed by atoms with Gasteiger partial charge in [0.25, 0.3) is 0 Å². The maximum absolute atomic E-state index is 12.3. The number of aryl methyl sites for hydroxylation is 3. The molecule has 3 nitrogen and oxygen atoms in total. The van der Waals surface area contributed by atoms with E-state index in [1.54, 1.807) is 0 Å². The third kappa shape index (κ3) is 4.32. The summed E-state index contributed by atoms with van der Waals surface area (Å²) in [6, 6.07) is 18.1. The van der Waals surface area contributed by atoms with Gasteiger partial charge in [0.1, 0.15) is 0 Å². The lowest BCUT2D eigenvalue weighted by atomic mass is 10.0. The molecule has 1 heterocycles. The largest absolute Gasteiger partial charge is 0.326 e. The molecule has 0 unspecified atom stereocenters. The maximum atomic E-state index is 12.3. The van der Waals surface area contributed by atoms with Crippen molar-refractivity contribution in [1.29, 1.82) is 0 Å². The molecule has 0 spiro atoms. The van der Waals surface area contributed by atoms with Crippen LogP contribution < -0.4 is 5.32 Å². The molecule has 0 aliphatic carbocycles. The summed E-state index contributed by atoms with van der Waals surface area (Å²) in [6.07, 6.45) is 2.20. The van der Waals surface area contributed by atoms with Crippen molar-refractivity contribution in [3.63, 3.8) is 0 Å². The van der Waals surface area contributed by atoms with Crippen LogP contribution >= 0.6 is 0 Å². The van der Waals surface area contributed by atoms with Crippen molar-refractivity contribution in [3.8, 4) is 11.1 Å². The van der Waals surface area contributed by atoms with E-state index in [1.807, 2.05) is 63.4 Å². The summed E-state index contributed by atoms with van der Waals surface area (Å²) in [7, 11) is 0. The number of anilines is 1. The molecule has 3 rings (SSSR count). The highest BCUT2D eigenvalue weighted by atomic mass is 16.1. The van der Waals surface area contributed by atoms with Crippen molar-refractivity contribution in [3.05, 3.63) is 83.2 Å². The number of carbonyl (C=O) groups is 1. The van der Waals surface area contributed by atoms with E-state index >= 15 is 0 Å². The lowest BCUT2D eigenvalue weighted by Gasteiger charge is -2.09. The van der Waals surface area contributed by atoms with Gasteiger partial charge in [-0.1, -0.05) is 35.9 Å². The Bertz CT molecular complexity index is 898. The van der Waals surface area contributed by atoms with Crippen LogP contribution in [-0.2, 0) is 11.2 Å². The van der Waals surface area contributed by atoms with Gasteiger partial charge in [-0.3, -0.25) is 9.78 Å². The highest BCUT2D eigenvalue weighted by Gasteiger charge is 2.07. The number of hydrogen-bond acceptors (Lipinski definition) is 2. The van der Waals surface area contributed by atoms with E-state index < -0.39 is 0 Å². The Hall–Kier alpha value is -2.94. The van der Waals surface area contributed by atoms with Gasteiger partial charge in [-0.15, -0.1) is 0 Å². The van der Waals surface area contributed by atoms with E-state index in [1.165, 1.54) is 5.56 Å². The molecule has 25 heavy (non-hydrogen) atoms. The predicted octanol–water partition coefficient (Wildman–Crippen LogP) is 4.86. The summed E-state index contributed by atoms with van der Waals surface area (Å²) in [4.78, 5) is 16.5. The third-order valence-electron chi connectivity index (χ3n) is 4.25. The van der Waals surface area contributed by atoms with Crippen LogP contribution in [-0.4, -0.2) is 10.9 Å². The fraction of sp³-hybridized carbons (Fsp3) is 0.182. The van der Waals surface area contributed by atoms with Gasteiger partial charge in [0.2, 0.25) is 5.91 Å². The van der Waals surface area contributed by atoms with E-state index in [0.29, 0.717) is 6.42 Å². The summed E-state index contributed by atoms with van der Waals surface area (Å²) < 4.78 is 0. The number of hydrogen-bond donors (Lipinski definition) is 1. The number of nitrogens with one attached hydrogen (secondary N) is 1. The van der Waals surface area contributed by atoms with E-state index in [4.69, 9.17) is 0 Å². The lowest BCUT2D eigenvalue weighted by molar-refractivity contribution is -0.115. The summed E-state index contributed by atoms with van der Waals surface area (Å²) in [5.74, 6) is 0.00112. The van der Waals surface area contributed by atoms with Gasteiger partial charge >= 0.3 is 0 Å². The quantitative estimate of drug-likeness (QED) is 0.742. The van der Waals surface area contributed by atoms with Gasteiger partial charge in [-0.05, 0) is 67.3 Å². The lowest BCUT2D eigenvalue weighted by Crippen LogP contribution is -2.15. The second kappa shape index (κ2) is 7.31. The van der Waals surface area contributed by atoms with Crippen molar-refractivity contribution < 1.29 is 4.79 Å². The van der Waals surface area contributed by atoms with Crippen molar-refractivity contribution in [2.75, 3.05) is 5.32 Å². The molecule has 0 saturated carbocycles. The minimum Gasteiger partial charge on any atom is -0.326 e. The fourth-order valence-electron chi connectivity index (χ4n) is 2.84. The van der Waals surface area contributed by atoms with Crippen LogP contribution in [0.15, 0.2) is 60.8 Å². The summed E-state index contributed by atoms with van der Waals surface area (Å²) >= 11 is 0. The molecule has 1 amide bonds. The molecule has 0 fully saturated rings. The molecule has 3 heteroatoms. The van der Waals surface area contributed by atoms with Gasteiger partial charge in [0, 0.05) is 17.6 Å². The topological polar surface area (TPSA) is 42.0 Å². The second-order valence-corrected chi connectivity index (χ2v) is 6.42. The summed E-state index contributed by atoms with van der Waals surface area (Å²) in [6.45, 7) is 6.05. The Balaban J connectivity index is 1.69. The zero-order valence-electron chi connectivity index (χ0n) is 14.8. The standard InChI is InChI=1S/C22H22N2O/c1-15-4-5-16(2)20(12-15)14-22(25)24-21-8-6-18(7-9-21)19-10-11-23-17(3)13-19/h4-13H,14H2,1-3H3,(H,24,25). The molecule has 0 saturated heterocycles. The number of nitrogens with zero attached hydrogens (tertiary/aromatic N) is 1. The molecular formula is C22H22N2O. The average Bonchev–Trinajstić information content (AvgIpc) is 2.59. The molecule has 3 aromatic rings. The van der Waals surface area contributed by atoms with Crippen LogP contribution in [0.1, 0.15) is 22.4 Å². The number of pyridine rings is 1. The van der Waals surface area contributed by atoms with Gasteiger partial charge in [-0.2, -0.15) is 0 Å². The molecule has 1 aromatic heterocycles. The maximum Gasteiger partial charge on any atom is 0.228 e. The van der Waals surface area contributed by atoms with Crippen molar-refractivity contribution in [2.45, 2.75) is 27.2 Å². The first-order valence-electron chi connectivity index (χ1n) is 8.40. The molecule has 0 aliphatic rings. The zero-order valence-corrected chi connectivity index (χ0v) is 14.8. The molecule has 126 valence electrons. The van der Waals surface area contributed by atoms with E-state index in [0.717, 1.165) is 33.6 Å². The average molecular weight is 330 g/mol. The van der Waals surface area contributed by atoms with E-state index in [2.05, 4.69) is 28.5 Å². The van der Waals surface area contributed by atoms with Gasteiger partial charge in [0.15, 0.2) is 0 Å². The molecule has 1 N–H and O–H groups in total. The van der Waals surface area contributed by atoms with Crippen LogP contribution in [0.2, 0.25) is 0 Å². The molecule has 0 atom stereocenters. The normalized spacial score (nSPS) is 10.5. The third-order valence-corrected chi connectivity index (χ3v) is 4.25. The highest BCUT2D eigenvalue weighted by molar-refractivity contribution is 5.92. The number of carbonyl (C=O) groups excluding carboxylic acids is 1. The first-order valence-corrected chi connectivity index (χ1v) is 8.40. The minimum absolute atomic E-state index is 0.00112. The number of amides is 1. The Labute approximate surface area is 148 Å². The second-order valence-electron chi connectivity index (χ2n) is 6.42. The van der Waals surface area contributed by atoms with Gasteiger partial charge in [-0.25, -0.2) is 0 Å². The highest BCUT2D eigenvalue weighted by Crippen LogP contribution is 2.22. The monoisotopic (exact) mass is 330 g/mol. The molecule has 0 bridgehead atoms. The smallest absolute Gasteiger partial charge is 0.228 e. The summed E-state index contributed by atoms with van der Waals surface area (Å²) in [5, 5.41) is 2.98. The van der Waals surface area contributed by atoms with Gasteiger partial charge < -0.3 is 5.32 Å². The number of rotatable bonds is 4. The Morgan fingerprint density at radius 1 is 0.920 bits per heavy atom. The van der Waals surface area contributed by atoms with Gasteiger partial charge in [0.05, 0.1) is 6.42 Å². The van der Waals surface area contributed by atoms with E-state index in [-0.39, 0.29) is 5.91 Å². The van der Waals surface area contributed by atoms with Crippen molar-refractivity contribution in [1.82, 2.24) is 4.98 Å². The number of aromatic nitrogens is 1. The van der Waals surface area contributed by atoms with Crippen molar-refractivity contribution >= 4 is 11.6 Å². The Morgan fingerprint density at radius 2 is 1.68 bits per heavy atom. The van der Waals surface area contributed by atoms with Crippen LogP contribution in [0.5, 0.6) is 0 Å². The fourth-order valence-corrected chi connectivity index (χ4v) is 2.84. The Kier molecular flexibility index (Phi) is 4.94. The van der Waals surface area contributed by atoms with Crippen molar-refractivity contribution in [2.24, 2.45) is 0 Å². The summed E-state index contributed by atoms with van der Waals surface area (Å²) in [5.41, 5.74) is 7.42. The van der Waals surface area contributed by atoms with E-state index in [9.17, 15) is 4.79 Å². The predicted molar refractivity (Wildman–Crippen MR) is 103 cm³/mol. The molecular weight excluding hydrogens is 308 g/mol. The molecule has 2 aromatic carbocycles. The first kappa shape index (κ1) is 16.9. The Morgan fingerprint density at radius 3 is 2.40 bits per heavy atom. The minimum atomic E-state index is 0.00112. The first-order chi connectivity index (χ1) is 12.0. The molecule has 0 radical (unpaired) electrons. The number of benzene rings is 2. The van der Waals surface area contributed by atoms with Crippen LogP contribution in [0.3, 0.4) is 0 Å². The van der Waals surface area contributed by atoms with Crippen LogP contribution in [0, 0.1) is 20.8 Å². The molecule has 0 aliphatic heterocycles. The SMILES string of the molecule is Cc1ccc(C)c(CC(=O)Nc2ccc(-c3ccnc(C)c3)cc2)c1. The van der Waals surface area contributed by atoms with Crippen LogP contribution in [0.4, 0.5) is 5.69 Å². The van der Waals surface area contributed by atoms with Crippen LogP contribution in [0.25, 0.3) is 11.1 Å². The zero-order chi connectivity index (χ0) is 17.8.